The summed E-state index contributed by atoms with van der Waals surface area (Å²) in [5.74, 6) is 0.502. The first-order chi connectivity index (χ1) is 9.15. The van der Waals surface area contributed by atoms with E-state index in [2.05, 4.69) is 10.5 Å². The molecule has 1 amide bonds. The Morgan fingerprint density at radius 3 is 2.74 bits per heavy atom. The van der Waals surface area contributed by atoms with Crippen LogP contribution in [0.25, 0.3) is 0 Å². The van der Waals surface area contributed by atoms with Crippen molar-refractivity contribution in [1.29, 1.82) is 0 Å². The lowest BCUT2D eigenvalue weighted by atomic mass is 10.1. The van der Waals surface area contributed by atoms with Crippen molar-refractivity contribution in [2.24, 2.45) is 5.73 Å². The zero-order valence-electron chi connectivity index (χ0n) is 10.2. The van der Waals surface area contributed by atoms with Gasteiger partial charge in [0.2, 0.25) is 5.91 Å². The molecule has 0 aliphatic heterocycles. The van der Waals surface area contributed by atoms with E-state index >= 15 is 0 Å². The smallest absolute Gasteiger partial charge is 0.237 e. The molecule has 0 bridgehead atoms. The Labute approximate surface area is 110 Å². The molecule has 1 aromatic carbocycles. The van der Waals surface area contributed by atoms with E-state index in [1.165, 1.54) is 6.20 Å². The van der Waals surface area contributed by atoms with E-state index in [0.29, 0.717) is 12.2 Å². The number of nitrogens with one attached hydrogen (secondary N) is 1. The van der Waals surface area contributed by atoms with Gasteiger partial charge in [-0.25, -0.2) is 0 Å². The van der Waals surface area contributed by atoms with Gasteiger partial charge in [0.25, 0.3) is 0 Å². The number of hydrogen-bond acceptors (Lipinski definition) is 5. The number of phenolic OH excluding ortho intramolecular Hbond substituents is 1. The molecule has 2 rings (SSSR count). The molecular formula is C13H15N3O3. The van der Waals surface area contributed by atoms with E-state index in [1.807, 2.05) is 0 Å². The van der Waals surface area contributed by atoms with Gasteiger partial charge < -0.3 is 20.7 Å². The highest BCUT2D eigenvalue weighted by Crippen LogP contribution is 2.10. The van der Waals surface area contributed by atoms with Crippen LogP contribution in [-0.4, -0.2) is 22.2 Å². The lowest BCUT2D eigenvalue weighted by Gasteiger charge is -2.11. The van der Waals surface area contributed by atoms with Crippen LogP contribution in [0.15, 0.2) is 41.1 Å². The van der Waals surface area contributed by atoms with Crippen LogP contribution in [0.2, 0.25) is 0 Å². The summed E-state index contributed by atoms with van der Waals surface area (Å²) in [4.78, 5) is 11.8. The topological polar surface area (TPSA) is 101 Å². The largest absolute Gasteiger partial charge is 0.508 e. The van der Waals surface area contributed by atoms with Crippen LogP contribution in [0, 0.1) is 0 Å². The van der Waals surface area contributed by atoms with Crippen molar-refractivity contribution < 1.29 is 14.4 Å². The van der Waals surface area contributed by atoms with E-state index in [9.17, 15) is 4.79 Å². The summed E-state index contributed by atoms with van der Waals surface area (Å²) < 4.78 is 4.86. The van der Waals surface area contributed by atoms with Crippen molar-refractivity contribution in [3.8, 4) is 5.75 Å². The number of rotatable bonds is 5. The minimum absolute atomic E-state index is 0.187. The van der Waals surface area contributed by atoms with Gasteiger partial charge in [0, 0.05) is 6.07 Å². The lowest BCUT2D eigenvalue weighted by Crippen LogP contribution is -2.41. The van der Waals surface area contributed by atoms with Crippen molar-refractivity contribution in [2.75, 3.05) is 0 Å². The third kappa shape index (κ3) is 3.82. The fourth-order valence-corrected chi connectivity index (χ4v) is 1.62. The van der Waals surface area contributed by atoms with Crippen LogP contribution >= 0.6 is 0 Å². The van der Waals surface area contributed by atoms with Crippen LogP contribution in [0.4, 0.5) is 0 Å². The van der Waals surface area contributed by atoms with Gasteiger partial charge in [-0.05, 0) is 24.1 Å². The molecule has 0 saturated heterocycles. The van der Waals surface area contributed by atoms with Gasteiger partial charge >= 0.3 is 0 Å². The summed E-state index contributed by atoms with van der Waals surface area (Å²) in [5.41, 5.74) is 6.69. The molecule has 0 fully saturated rings. The number of aromatic hydroxyl groups is 1. The second-order valence-corrected chi connectivity index (χ2v) is 4.17. The van der Waals surface area contributed by atoms with Gasteiger partial charge in [0.1, 0.15) is 5.75 Å². The number of carbonyl (C=O) groups excluding carboxylic acids is 1. The standard InChI is InChI=1S/C13H15N3O3/c14-12(7-9-1-3-10(17)4-2-9)13(18)15-8-11-5-6-16-19-11/h1-6,12,17H,7-8,14H2,(H,15,18)/t12-/m1/s1. The van der Waals surface area contributed by atoms with E-state index in [-0.39, 0.29) is 18.2 Å². The number of aromatic nitrogens is 1. The highest BCUT2D eigenvalue weighted by molar-refractivity contribution is 5.81. The van der Waals surface area contributed by atoms with Gasteiger partial charge in [-0.2, -0.15) is 0 Å². The molecule has 1 aromatic heterocycles. The Morgan fingerprint density at radius 1 is 1.37 bits per heavy atom. The van der Waals surface area contributed by atoms with Crippen LogP contribution in [0.1, 0.15) is 11.3 Å². The Bertz CT molecular complexity index is 523. The number of benzene rings is 1. The molecule has 6 nitrogen and oxygen atoms in total. The Kier molecular flexibility index (Phi) is 4.15. The monoisotopic (exact) mass is 261 g/mol. The van der Waals surface area contributed by atoms with Crippen LogP contribution < -0.4 is 11.1 Å². The second kappa shape index (κ2) is 6.01. The van der Waals surface area contributed by atoms with Crippen molar-refractivity contribution in [3.63, 3.8) is 0 Å². The number of nitrogens with two attached hydrogens (primary N) is 1. The minimum Gasteiger partial charge on any atom is -0.508 e. The Hall–Kier alpha value is -2.34. The Morgan fingerprint density at radius 2 is 2.11 bits per heavy atom. The Balaban J connectivity index is 1.83. The molecule has 0 unspecified atom stereocenters. The fourth-order valence-electron chi connectivity index (χ4n) is 1.62. The van der Waals surface area contributed by atoms with Crippen molar-refractivity contribution >= 4 is 5.91 Å². The first-order valence-electron chi connectivity index (χ1n) is 5.86. The highest BCUT2D eigenvalue weighted by atomic mass is 16.5. The third-order valence-corrected chi connectivity index (χ3v) is 2.66. The molecule has 1 atom stereocenters. The normalized spacial score (nSPS) is 12.1. The van der Waals surface area contributed by atoms with Gasteiger partial charge in [-0.1, -0.05) is 17.3 Å². The first kappa shape index (κ1) is 13.1. The second-order valence-electron chi connectivity index (χ2n) is 4.17. The summed E-state index contributed by atoms with van der Waals surface area (Å²) in [5, 5.41) is 15.4. The third-order valence-electron chi connectivity index (χ3n) is 2.66. The zero-order chi connectivity index (χ0) is 13.7. The van der Waals surface area contributed by atoms with Gasteiger partial charge in [-0.3, -0.25) is 4.79 Å². The van der Waals surface area contributed by atoms with Crippen molar-refractivity contribution in [3.05, 3.63) is 47.9 Å². The average molecular weight is 261 g/mol. The van der Waals surface area contributed by atoms with Crippen molar-refractivity contribution in [2.45, 2.75) is 19.0 Å². The minimum atomic E-state index is -0.646. The SMILES string of the molecule is N[C@H](Cc1ccc(O)cc1)C(=O)NCc1ccno1. The molecule has 0 radical (unpaired) electrons. The van der Waals surface area contributed by atoms with Crippen molar-refractivity contribution in [1.82, 2.24) is 10.5 Å². The molecule has 0 spiro atoms. The predicted molar refractivity (Wildman–Crippen MR) is 68.1 cm³/mol. The molecule has 0 saturated carbocycles. The van der Waals surface area contributed by atoms with Gasteiger partial charge in [-0.15, -0.1) is 0 Å². The molecule has 100 valence electrons. The number of amides is 1. The lowest BCUT2D eigenvalue weighted by molar-refractivity contribution is -0.122. The molecule has 0 aliphatic carbocycles. The molecule has 4 N–H and O–H groups in total. The maximum Gasteiger partial charge on any atom is 0.237 e. The van der Waals surface area contributed by atoms with E-state index < -0.39 is 6.04 Å². The molecule has 2 aromatic rings. The summed E-state index contributed by atoms with van der Waals surface area (Å²) in [7, 11) is 0. The van der Waals surface area contributed by atoms with E-state index in [1.54, 1.807) is 30.3 Å². The fraction of sp³-hybridized carbons (Fsp3) is 0.231. The maximum absolute atomic E-state index is 11.8. The highest BCUT2D eigenvalue weighted by Gasteiger charge is 2.14. The van der Waals surface area contributed by atoms with Gasteiger partial charge in [0.15, 0.2) is 5.76 Å². The predicted octanol–water partition coefficient (Wildman–Crippen LogP) is 0.566. The average Bonchev–Trinajstić information content (AvgIpc) is 2.91. The van der Waals surface area contributed by atoms with Crippen LogP contribution in [-0.2, 0) is 17.8 Å². The first-order valence-corrected chi connectivity index (χ1v) is 5.86. The quantitative estimate of drug-likeness (QED) is 0.730. The maximum atomic E-state index is 11.8. The van der Waals surface area contributed by atoms with Gasteiger partial charge in [0.05, 0.1) is 18.8 Å². The summed E-state index contributed by atoms with van der Waals surface area (Å²) in [6.45, 7) is 0.266. The van der Waals surface area contributed by atoms with E-state index in [4.69, 9.17) is 15.4 Å². The molecular weight excluding hydrogens is 246 g/mol. The number of carbonyl (C=O) groups is 1. The van der Waals surface area contributed by atoms with Crippen LogP contribution in [0.3, 0.4) is 0 Å². The molecule has 1 heterocycles. The van der Waals surface area contributed by atoms with E-state index in [0.717, 1.165) is 5.56 Å². The summed E-state index contributed by atoms with van der Waals surface area (Å²) in [6, 6.07) is 7.62. The summed E-state index contributed by atoms with van der Waals surface area (Å²) >= 11 is 0. The zero-order valence-corrected chi connectivity index (χ0v) is 10.2. The van der Waals surface area contributed by atoms with Crippen LogP contribution in [0.5, 0.6) is 5.75 Å². The number of phenols is 1. The summed E-state index contributed by atoms with van der Waals surface area (Å²) in [6.07, 6.45) is 1.92. The molecule has 0 aliphatic rings. The number of nitrogens with zero attached hydrogens (tertiary/aromatic N) is 1. The molecule has 19 heavy (non-hydrogen) atoms. The molecule has 6 heteroatoms. The number of hydrogen-bond donors (Lipinski definition) is 3.